The van der Waals surface area contributed by atoms with E-state index in [-0.39, 0.29) is 24.3 Å². The fraction of sp³-hybridized carbons (Fsp3) is 0.250. The zero-order chi connectivity index (χ0) is 7.56. The van der Waals surface area contributed by atoms with Crippen LogP contribution in [0.3, 0.4) is 0 Å². The molecule has 0 aliphatic rings. The van der Waals surface area contributed by atoms with Crippen molar-refractivity contribution < 1.29 is 29.1 Å². The third-order valence-corrected chi connectivity index (χ3v) is 1.48. The maximum atomic E-state index is 10.1. The van der Waals surface area contributed by atoms with Crippen LogP contribution in [-0.2, 0) is 4.79 Å². The summed E-state index contributed by atoms with van der Waals surface area (Å²) in [6.45, 7) is 3.90. The van der Waals surface area contributed by atoms with Crippen molar-refractivity contribution in [3.8, 4) is 0 Å². The van der Waals surface area contributed by atoms with Crippen molar-refractivity contribution in [1.29, 1.82) is 0 Å². The monoisotopic (exact) mass is 158 g/mol. The first kappa shape index (κ1) is 13.9. The Hall–Kier alpha value is -0.623. The van der Waals surface area contributed by atoms with E-state index in [1.807, 2.05) is 13.8 Å². The molecule has 0 atom stereocenters. The number of hydrogen-bond donors (Lipinski definition) is 0. The second kappa shape index (κ2) is 5.96. The number of hydrogen-bond acceptors (Lipinski definition) is 3. The van der Waals surface area contributed by atoms with Gasteiger partial charge in [-0.2, -0.15) is 6.07 Å². The molecule has 0 unspecified atom stereocenters. The Morgan fingerprint density at radius 3 is 2.33 bits per heavy atom. The normalized spacial score (nSPS) is 7.83. The van der Waals surface area contributed by atoms with E-state index < -0.39 is 0 Å². The maximum Gasteiger partial charge on any atom is 1.00 e. The molecular weight excluding hydrogens is 149 g/mol. The fourth-order valence-electron chi connectivity index (χ4n) is 0.680. The van der Waals surface area contributed by atoms with Crippen molar-refractivity contribution in [2.45, 2.75) is 13.8 Å². The number of aryl methyl sites for hydroxylation is 2. The predicted molar refractivity (Wildman–Crippen MR) is 40.4 cm³/mol. The van der Waals surface area contributed by atoms with Gasteiger partial charge in [0, 0.05) is 12.5 Å². The van der Waals surface area contributed by atoms with E-state index in [0.717, 1.165) is 11.1 Å². The first-order valence-corrected chi connectivity index (χ1v) is 3.05. The van der Waals surface area contributed by atoms with Gasteiger partial charge in [0.15, 0.2) is 0 Å². The zero-order valence-electron chi connectivity index (χ0n) is 7.46. The summed E-state index contributed by atoms with van der Waals surface area (Å²) in [5, 5.41) is 0. The molecule has 12 heavy (non-hydrogen) atoms. The van der Waals surface area contributed by atoms with E-state index in [9.17, 15) is 4.79 Å². The second-order valence-corrected chi connectivity index (χ2v) is 2.26. The number of aromatic nitrogens is 1. The summed E-state index contributed by atoms with van der Waals surface area (Å²) in [5.41, 5.74) is 2.55. The van der Waals surface area contributed by atoms with Gasteiger partial charge in [-0.15, -0.1) is 5.56 Å². The molecule has 0 saturated carbocycles. The van der Waals surface area contributed by atoms with Crippen LogP contribution in [0.25, 0.3) is 0 Å². The summed E-state index contributed by atoms with van der Waals surface area (Å²) in [7, 11) is 0. The summed E-state index contributed by atoms with van der Waals surface area (Å²) in [5.74, 6) is 0. The Bertz CT molecular complexity index is 263. The van der Waals surface area contributed by atoms with Crippen molar-refractivity contribution >= 4 is 6.29 Å². The van der Waals surface area contributed by atoms with Crippen LogP contribution in [-0.4, -0.2) is 16.7 Å². The molecule has 0 aliphatic heterocycles. The molecule has 1 aromatic heterocycles. The van der Waals surface area contributed by atoms with Gasteiger partial charge in [-0.05, 0) is 12.5 Å². The number of carbonyl (C=O) groups excluding carboxylic acids is 1. The van der Waals surface area contributed by atoms with Crippen LogP contribution < -0.4 is 18.9 Å². The third kappa shape index (κ3) is 3.18. The molecule has 0 fully saturated rings. The van der Waals surface area contributed by atoms with E-state index in [4.69, 9.17) is 0 Å². The quantitative estimate of drug-likeness (QED) is 0.350. The molecule has 4 heteroatoms. The smallest absolute Gasteiger partial charge is 0.870 e. The summed E-state index contributed by atoms with van der Waals surface area (Å²) >= 11 is 0. The second-order valence-electron chi connectivity index (χ2n) is 2.26. The van der Waals surface area contributed by atoms with Crippen LogP contribution in [0.5, 0.6) is 0 Å². The summed E-state index contributed by atoms with van der Waals surface area (Å²) in [6.07, 6.45) is 3.41. The number of rotatable bonds is 1. The largest absolute Gasteiger partial charge is 1.00 e. The number of nitrogens with zero attached hydrogens (tertiary/aromatic N) is 1. The Balaban J connectivity index is 0. The fourth-order valence-corrected chi connectivity index (χ4v) is 0.680. The van der Waals surface area contributed by atoms with E-state index in [0.29, 0.717) is 5.69 Å². The first-order valence-electron chi connectivity index (χ1n) is 3.05. The molecule has 0 spiro atoms. The van der Waals surface area contributed by atoms with Gasteiger partial charge < -0.3 is 10.3 Å². The topological polar surface area (TPSA) is 60.0 Å². The van der Waals surface area contributed by atoms with Crippen LogP contribution in [0.2, 0.25) is 0 Å². The summed E-state index contributed by atoms with van der Waals surface area (Å²) < 4.78 is 0. The Kier molecular flexibility index (Phi) is 6.92. The average Bonchev–Trinajstić information content (AvgIpc) is 1.95. The van der Waals surface area contributed by atoms with Crippen molar-refractivity contribution in [2.75, 3.05) is 0 Å². The molecule has 60 valence electrons. The van der Waals surface area contributed by atoms with Crippen LogP contribution in [0, 0.1) is 13.8 Å². The van der Waals surface area contributed by atoms with Crippen molar-refractivity contribution in [3.63, 3.8) is 0 Å². The molecule has 0 aromatic carbocycles. The van der Waals surface area contributed by atoms with Crippen molar-refractivity contribution in [1.82, 2.24) is 4.98 Å². The minimum absolute atomic E-state index is 0. The molecule has 0 radical (unpaired) electrons. The summed E-state index contributed by atoms with van der Waals surface area (Å²) in [6, 6.07) is 1.72. The predicted octanol–water partition coefficient (Wildman–Crippen LogP) is -2.02. The van der Waals surface area contributed by atoms with Gasteiger partial charge in [0.05, 0.1) is 0 Å². The molecule has 0 amide bonds. The molecule has 0 bridgehead atoms. The van der Waals surface area contributed by atoms with E-state index in [2.05, 4.69) is 4.98 Å². The molecule has 1 heterocycles. The molecule has 1 rings (SSSR count). The Morgan fingerprint density at radius 1 is 1.33 bits per heavy atom. The minimum atomic E-state index is 0. The Morgan fingerprint density at radius 2 is 1.92 bits per heavy atom. The van der Waals surface area contributed by atoms with Gasteiger partial charge in [0.1, 0.15) is 0 Å². The van der Waals surface area contributed by atoms with Gasteiger partial charge >= 0.3 is 18.9 Å². The number of pyridine rings is 1. The molecule has 0 saturated heterocycles. The van der Waals surface area contributed by atoms with Crippen molar-refractivity contribution in [2.24, 2.45) is 0 Å². The van der Waals surface area contributed by atoms with Gasteiger partial charge in [0.25, 0.3) is 0 Å². The third-order valence-electron chi connectivity index (χ3n) is 1.48. The van der Waals surface area contributed by atoms with Crippen molar-refractivity contribution in [3.05, 3.63) is 29.1 Å². The minimum Gasteiger partial charge on any atom is -0.870 e. The summed E-state index contributed by atoms with van der Waals surface area (Å²) in [4.78, 5) is 13.9. The SMILES string of the molecule is Cc1cnc([C-]=O)cc1C.[Li+].[OH-]. The van der Waals surface area contributed by atoms with E-state index >= 15 is 0 Å². The molecule has 1 N–H and O–H groups in total. The molecular formula is C8H9LiNO2-. The van der Waals surface area contributed by atoms with E-state index in [1.165, 1.54) is 0 Å². The van der Waals surface area contributed by atoms with E-state index in [1.54, 1.807) is 18.5 Å². The standard InChI is InChI=1S/C8H8NO.Li.H2O/c1-6-3-8(5-10)9-4-7(6)2;;/h3-4H,1-2H3;;1H2/q-1;+1;/p-1. The van der Waals surface area contributed by atoms with Gasteiger partial charge in [0.2, 0.25) is 0 Å². The van der Waals surface area contributed by atoms with Gasteiger partial charge in [-0.1, -0.05) is 12.6 Å². The van der Waals surface area contributed by atoms with Gasteiger partial charge in [-0.25, -0.2) is 0 Å². The molecule has 3 nitrogen and oxygen atoms in total. The van der Waals surface area contributed by atoms with Crippen LogP contribution in [0.1, 0.15) is 16.8 Å². The molecule has 1 aromatic rings. The molecule has 0 aliphatic carbocycles. The van der Waals surface area contributed by atoms with Gasteiger partial charge in [-0.3, -0.25) is 4.98 Å². The zero-order valence-corrected chi connectivity index (χ0v) is 7.46. The van der Waals surface area contributed by atoms with Crippen LogP contribution in [0.4, 0.5) is 0 Å². The maximum absolute atomic E-state index is 10.1. The Labute approximate surface area is 83.7 Å². The first-order chi connectivity index (χ1) is 4.74. The van der Waals surface area contributed by atoms with Crippen LogP contribution >= 0.6 is 0 Å². The van der Waals surface area contributed by atoms with Crippen LogP contribution in [0.15, 0.2) is 12.3 Å². The average molecular weight is 158 g/mol.